The summed E-state index contributed by atoms with van der Waals surface area (Å²) in [5.74, 6) is 0. The molecule has 0 saturated heterocycles. The van der Waals surface area contributed by atoms with E-state index in [0.717, 1.165) is 12.8 Å². The van der Waals surface area contributed by atoms with Crippen molar-refractivity contribution in [1.29, 1.82) is 0 Å². The highest BCUT2D eigenvalue weighted by molar-refractivity contribution is 5.75. The normalized spacial score (nSPS) is 4.20. The molecule has 72 valence electrons. The molecule has 10 heavy (non-hydrogen) atoms. The van der Waals surface area contributed by atoms with E-state index in [2.05, 4.69) is 6.92 Å². The Bertz CT molecular complexity index is 24.7. The Balaban J connectivity index is -0.00000000800. The molecule has 6 heteroatoms. The molecule has 0 aromatic rings. The highest BCUT2D eigenvalue weighted by Gasteiger charge is 1.69. The van der Waals surface area contributed by atoms with Crippen molar-refractivity contribution in [3.05, 3.63) is 0 Å². The predicted octanol–water partition coefficient (Wildman–Crippen LogP) is -0.0628. The van der Waals surface area contributed by atoms with Crippen molar-refractivity contribution in [2.45, 2.75) is 19.8 Å². The molecule has 1 nitrogen and oxygen atoms in total. The molecule has 0 bridgehead atoms. The molecule has 0 aliphatic rings. The zero-order valence-electron chi connectivity index (χ0n) is 5.20. The third kappa shape index (κ3) is 104. The lowest BCUT2D eigenvalue weighted by atomic mass is 10.4. The van der Waals surface area contributed by atoms with Crippen LogP contribution in [0.2, 0.25) is 0 Å². The maximum Gasteiger partial charge on any atom is 0.0430 e. The van der Waals surface area contributed by atoms with Crippen molar-refractivity contribution in [1.82, 2.24) is 0 Å². The van der Waals surface area contributed by atoms with Gasteiger partial charge in [-0.25, -0.2) is 0 Å². The summed E-state index contributed by atoms with van der Waals surface area (Å²) in [7, 11) is 0. The Morgan fingerprint density at radius 1 is 1.00 bits per heavy atom. The maximum absolute atomic E-state index is 8.07. The lowest BCUT2D eigenvalue weighted by Crippen LogP contribution is -1.75. The van der Waals surface area contributed by atoms with E-state index < -0.39 is 0 Å². The van der Waals surface area contributed by atoms with Crippen LogP contribution in [0.1, 0.15) is 19.8 Å². The second kappa shape index (κ2) is 66.1. The summed E-state index contributed by atoms with van der Waals surface area (Å²) in [6, 6.07) is 0. The average Bonchev–Trinajstić information content (AvgIpc) is 1.41. The highest BCUT2D eigenvalue weighted by Crippen LogP contribution is 1.78. The second-order valence-corrected chi connectivity index (χ2v) is 1.08. The van der Waals surface area contributed by atoms with Gasteiger partial charge in [-0.3, -0.25) is 18.8 Å². The molecular formula is C4H18F4OSi. The Kier molecular flexibility index (Phi) is 341. The quantitative estimate of drug-likeness (QED) is 0.473. The minimum absolute atomic E-state index is 0. The molecule has 0 unspecified atom stereocenters. The van der Waals surface area contributed by atoms with Gasteiger partial charge in [-0.05, 0) is 17.4 Å². The molecule has 0 atom stereocenters. The summed E-state index contributed by atoms with van der Waals surface area (Å²) in [5, 5.41) is 8.07. The van der Waals surface area contributed by atoms with Crippen molar-refractivity contribution < 1.29 is 23.9 Å². The van der Waals surface area contributed by atoms with Gasteiger partial charge in [-0.15, -0.1) is 0 Å². The Morgan fingerprint density at radius 2 is 1.30 bits per heavy atom. The minimum atomic E-state index is 0. The van der Waals surface area contributed by atoms with E-state index in [1.54, 1.807) is 0 Å². The van der Waals surface area contributed by atoms with E-state index in [4.69, 9.17) is 5.11 Å². The highest BCUT2D eigenvalue weighted by atomic mass is 28.1. The first kappa shape index (κ1) is 51.6. The molecule has 0 spiro atoms. The standard InChI is InChI=1S/C4H10O.4FH.H4Si/c1-2-3-4-5;;;;;/h5H,2-4H2,1H3;4*1H;1H4. The third-order valence-corrected chi connectivity index (χ3v) is 0.512. The molecule has 0 aromatic carbocycles. The number of rotatable bonds is 2. The second-order valence-electron chi connectivity index (χ2n) is 1.08. The number of aliphatic hydroxyl groups is 1. The third-order valence-electron chi connectivity index (χ3n) is 0.512. The van der Waals surface area contributed by atoms with Crippen molar-refractivity contribution in [3.8, 4) is 0 Å². The van der Waals surface area contributed by atoms with Crippen LogP contribution in [-0.4, -0.2) is 22.7 Å². The molecule has 0 aliphatic heterocycles. The monoisotopic (exact) mass is 186 g/mol. The first-order chi connectivity index (χ1) is 2.41. The van der Waals surface area contributed by atoms with E-state index in [1.165, 1.54) is 0 Å². The largest absolute Gasteiger partial charge is 0.396 e. The van der Waals surface area contributed by atoms with E-state index in [1.807, 2.05) is 0 Å². The number of hydrogen-bond donors (Lipinski definition) is 1. The van der Waals surface area contributed by atoms with E-state index >= 15 is 0 Å². The number of hydrogen-bond acceptors (Lipinski definition) is 1. The van der Waals surface area contributed by atoms with Crippen molar-refractivity contribution >= 4 is 11.0 Å². The summed E-state index contributed by atoms with van der Waals surface area (Å²) in [5.41, 5.74) is 0. The predicted molar refractivity (Wildman–Crippen MR) is 43.3 cm³/mol. The van der Waals surface area contributed by atoms with Crippen LogP contribution in [0.25, 0.3) is 0 Å². The minimum Gasteiger partial charge on any atom is -0.396 e. The molecule has 0 saturated carbocycles. The van der Waals surface area contributed by atoms with Crippen LogP contribution in [0, 0.1) is 0 Å². The Hall–Kier alpha value is -0.103. The van der Waals surface area contributed by atoms with Gasteiger partial charge in [-0.2, -0.15) is 0 Å². The first-order valence-electron chi connectivity index (χ1n) is 2.02. The van der Waals surface area contributed by atoms with Crippen LogP contribution in [0.4, 0.5) is 18.8 Å². The van der Waals surface area contributed by atoms with Crippen LogP contribution < -0.4 is 0 Å². The summed E-state index contributed by atoms with van der Waals surface area (Å²) < 4.78 is 0. The molecule has 1 N–H and O–H groups in total. The molecular weight excluding hydrogens is 168 g/mol. The summed E-state index contributed by atoms with van der Waals surface area (Å²) in [4.78, 5) is 0. The van der Waals surface area contributed by atoms with Crippen molar-refractivity contribution in [2.24, 2.45) is 0 Å². The van der Waals surface area contributed by atoms with Crippen LogP contribution in [-0.2, 0) is 0 Å². The fraction of sp³-hybridized carbons (Fsp3) is 1.00. The fourth-order valence-corrected chi connectivity index (χ4v) is 0.158. The van der Waals surface area contributed by atoms with Gasteiger partial charge in [0.05, 0.1) is 0 Å². The molecule has 0 amide bonds. The number of halogens is 4. The van der Waals surface area contributed by atoms with Gasteiger partial charge in [0, 0.05) is 6.61 Å². The van der Waals surface area contributed by atoms with Crippen LogP contribution in [0.15, 0.2) is 0 Å². The SMILES string of the molecule is CCCCO.F.F.F.F.[SiH4]. The molecule has 0 aromatic heterocycles. The van der Waals surface area contributed by atoms with Gasteiger partial charge in [0.1, 0.15) is 0 Å². The molecule has 0 aliphatic carbocycles. The van der Waals surface area contributed by atoms with Crippen LogP contribution in [0.5, 0.6) is 0 Å². The van der Waals surface area contributed by atoms with E-state index in [9.17, 15) is 0 Å². The van der Waals surface area contributed by atoms with E-state index in [-0.39, 0.29) is 29.8 Å². The van der Waals surface area contributed by atoms with E-state index in [0.29, 0.717) is 6.61 Å². The molecule has 0 fully saturated rings. The van der Waals surface area contributed by atoms with Crippen molar-refractivity contribution in [2.75, 3.05) is 6.61 Å². The van der Waals surface area contributed by atoms with Gasteiger partial charge in [-0.1, -0.05) is 13.3 Å². The molecule has 0 rings (SSSR count). The number of aliphatic hydroxyl groups excluding tert-OH is 1. The lowest BCUT2D eigenvalue weighted by molar-refractivity contribution is 0.287. The van der Waals surface area contributed by atoms with Gasteiger partial charge >= 0.3 is 0 Å². The van der Waals surface area contributed by atoms with Crippen LogP contribution >= 0.6 is 0 Å². The van der Waals surface area contributed by atoms with Gasteiger partial charge in [0.2, 0.25) is 0 Å². The number of unbranched alkanes of at least 4 members (excludes halogenated alkanes) is 1. The smallest absolute Gasteiger partial charge is 0.0430 e. The summed E-state index contributed by atoms with van der Waals surface area (Å²) in [6.07, 6.45) is 2.04. The summed E-state index contributed by atoms with van der Waals surface area (Å²) in [6.45, 7) is 2.40. The first-order valence-corrected chi connectivity index (χ1v) is 2.02. The maximum atomic E-state index is 8.07. The Labute approximate surface area is 62.3 Å². The summed E-state index contributed by atoms with van der Waals surface area (Å²) >= 11 is 0. The zero-order chi connectivity index (χ0) is 4.12. The Morgan fingerprint density at radius 3 is 1.30 bits per heavy atom. The average molecular weight is 186 g/mol. The van der Waals surface area contributed by atoms with Crippen LogP contribution in [0.3, 0.4) is 0 Å². The molecule has 0 radical (unpaired) electrons. The van der Waals surface area contributed by atoms with Gasteiger partial charge in [0.15, 0.2) is 0 Å². The lowest BCUT2D eigenvalue weighted by Gasteiger charge is -1.79. The van der Waals surface area contributed by atoms with Gasteiger partial charge < -0.3 is 5.11 Å². The van der Waals surface area contributed by atoms with Crippen molar-refractivity contribution in [3.63, 3.8) is 0 Å². The molecule has 0 heterocycles. The topological polar surface area (TPSA) is 20.2 Å². The zero-order valence-corrected chi connectivity index (χ0v) is 5.20. The fourth-order valence-electron chi connectivity index (χ4n) is 0.158. The van der Waals surface area contributed by atoms with Gasteiger partial charge in [0.25, 0.3) is 0 Å².